The first kappa shape index (κ1) is 16.2. The molecule has 24 heavy (non-hydrogen) atoms. The lowest BCUT2D eigenvalue weighted by Crippen LogP contribution is -2.61. The number of carbonyl (C=O) groups excluding carboxylic acids is 2. The van der Waals surface area contributed by atoms with Crippen molar-refractivity contribution in [3.05, 3.63) is 41.1 Å². The Hall–Kier alpha value is -2.67. The van der Waals surface area contributed by atoms with Gasteiger partial charge in [-0.15, -0.1) is 0 Å². The molecule has 1 saturated heterocycles. The number of aliphatic hydroxyl groups is 1. The van der Waals surface area contributed by atoms with E-state index >= 15 is 0 Å². The monoisotopic (exact) mass is 330 g/mol. The van der Waals surface area contributed by atoms with Crippen LogP contribution in [0.5, 0.6) is 0 Å². The Labute approximate surface area is 138 Å². The van der Waals surface area contributed by atoms with Gasteiger partial charge in [0.1, 0.15) is 5.70 Å². The standard InChI is InChI=1S/C17H18N2O5/c1-9(21)14-13-6-12(15(17(23)24)19(13)16(14)22)11-4-2-3-10(5-11)7-18-8-20/h2-5,8-9,13-14,21H,6-7H2,1H3,(H,18,20)(H,23,24)/t9-,13-,14-/m1/s1. The van der Waals surface area contributed by atoms with Crippen LogP contribution in [-0.2, 0) is 20.9 Å². The molecule has 2 aliphatic heterocycles. The molecule has 2 heterocycles. The Bertz CT molecular complexity index is 740. The molecule has 0 aromatic heterocycles. The SMILES string of the molecule is C[C@@H](O)[C@H]1C(=O)N2C(C(=O)O)=C(c3cccc(CNC=O)c3)C[C@H]12. The van der Waals surface area contributed by atoms with E-state index in [4.69, 9.17) is 0 Å². The average Bonchev–Trinajstić information content (AvgIpc) is 2.88. The first-order chi connectivity index (χ1) is 11.5. The van der Waals surface area contributed by atoms with Crippen molar-refractivity contribution in [1.29, 1.82) is 0 Å². The van der Waals surface area contributed by atoms with Crippen molar-refractivity contribution in [3.63, 3.8) is 0 Å². The fourth-order valence-corrected chi connectivity index (χ4v) is 3.56. The smallest absolute Gasteiger partial charge is 0.352 e. The summed E-state index contributed by atoms with van der Waals surface area (Å²) >= 11 is 0. The molecule has 2 amide bonds. The summed E-state index contributed by atoms with van der Waals surface area (Å²) in [6.07, 6.45) is 0.187. The van der Waals surface area contributed by atoms with Crippen LogP contribution in [0.25, 0.3) is 5.57 Å². The number of amides is 2. The normalized spacial score (nSPS) is 23.6. The number of hydrogen-bond donors (Lipinski definition) is 3. The molecule has 0 aliphatic carbocycles. The van der Waals surface area contributed by atoms with E-state index in [1.807, 2.05) is 12.1 Å². The van der Waals surface area contributed by atoms with Crippen molar-refractivity contribution in [1.82, 2.24) is 10.2 Å². The van der Waals surface area contributed by atoms with Crippen LogP contribution in [0, 0.1) is 5.92 Å². The Balaban J connectivity index is 1.97. The second kappa shape index (κ2) is 6.09. The van der Waals surface area contributed by atoms with Gasteiger partial charge in [-0.25, -0.2) is 4.79 Å². The molecule has 7 heteroatoms. The van der Waals surface area contributed by atoms with Gasteiger partial charge in [-0.05, 0) is 36.1 Å². The van der Waals surface area contributed by atoms with Crippen LogP contribution >= 0.6 is 0 Å². The first-order valence-corrected chi connectivity index (χ1v) is 7.69. The number of hydrogen-bond acceptors (Lipinski definition) is 4. The maximum Gasteiger partial charge on any atom is 0.352 e. The lowest BCUT2D eigenvalue weighted by atomic mass is 9.82. The molecule has 2 aliphatic rings. The summed E-state index contributed by atoms with van der Waals surface area (Å²) in [6.45, 7) is 1.89. The molecule has 1 aromatic rings. The summed E-state index contributed by atoms with van der Waals surface area (Å²) in [5.41, 5.74) is 2.12. The van der Waals surface area contributed by atoms with Crippen molar-refractivity contribution in [3.8, 4) is 0 Å². The van der Waals surface area contributed by atoms with E-state index in [9.17, 15) is 24.6 Å². The summed E-state index contributed by atoms with van der Waals surface area (Å²) in [5.74, 6) is -2.06. The van der Waals surface area contributed by atoms with E-state index in [0.29, 0.717) is 30.5 Å². The quantitative estimate of drug-likeness (QED) is 0.515. The maximum atomic E-state index is 12.2. The fourth-order valence-electron chi connectivity index (χ4n) is 3.56. The molecule has 0 spiro atoms. The first-order valence-electron chi connectivity index (χ1n) is 7.69. The zero-order valence-corrected chi connectivity index (χ0v) is 13.1. The van der Waals surface area contributed by atoms with Crippen molar-refractivity contribution < 1.29 is 24.6 Å². The van der Waals surface area contributed by atoms with E-state index in [-0.39, 0.29) is 17.6 Å². The lowest BCUT2D eigenvalue weighted by molar-refractivity contribution is -0.161. The molecule has 1 fully saturated rings. The summed E-state index contributed by atoms with van der Waals surface area (Å²) in [5, 5.41) is 21.9. The van der Waals surface area contributed by atoms with E-state index in [2.05, 4.69) is 5.32 Å². The highest BCUT2D eigenvalue weighted by molar-refractivity contribution is 6.06. The van der Waals surface area contributed by atoms with E-state index in [1.165, 1.54) is 4.90 Å². The van der Waals surface area contributed by atoms with Gasteiger partial charge in [0, 0.05) is 6.54 Å². The van der Waals surface area contributed by atoms with Crippen LogP contribution in [0.3, 0.4) is 0 Å². The van der Waals surface area contributed by atoms with Gasteiger partial charge in [0.25, 0.3) is 0 Å². The molecular weight excluding hydrogens is 312 g/mol. The third kappa shape index (κ3) is 2.46. The number of nitrogens with zero attached hydrogens (tertiary/aromatic N) is 1. The molecule has 0 unspecified atom stereocenters. The average molecular weight is 330 g/mol. The minimum atomic E-state index is -1.15. The molecule has 126 valence electrons. The maximum absolute atomic E-state index is 12.2. The number of nitrogens with one attached hydrogen (secondary N) is 1. The van der Waals surface area contributed by atoms with Gasteiger partial charge in [0.2, 0.25) is 12.3 Å². The lowest BCUT2D eigenvalue weighted by Gasteiger charge is -2.44. The third-order valence-corrected chi connectivity index (χ3v) is 4.60. The van der Waals surface area contributed by atoms with Crippen molar-refractivity contribution in [2.24, 2.45) is 5.92 Å². The highest BCUT2D eigenvalue weighted by Gasteiger charge is 2.56. The molecule has 3 N–H and O–H groups in total. The number of β-lactam (4-membered cyclic amide) rings is 1. The minimum Gasteiger partial charge on any atom is -0.477 e. The Morgan fingerprint density at radius 2 is 2.25 bits per heavy atom. The number of benzene rings is 1. The molecular formula is C17H18N2O5. The molecule has 0 radical (unpaired) electrons. The topological polar surface area (TPSA) is 107 Å². The predicted octanol–water partition coefficient (Wildman–Crippen LogP) is 0.340. The van der Waals surface area contributed by atoms with Crippen molar-refractivity contribution >= 4 is 23.9 Å². The highest BCUT2D eigenvalue weighted by Crippen LogP contribution is 2.46. The van der Waals surface area contributed by atoms with Gasteiger partial charge in [-0.3, -0.25) is 9.59 Å². The zero-order valence-electron chi connectivity index (χ0n) is 13.1. The number of fused-ring (bicyclic) bond motifs is 1. The van der Waals surface area contributed by atoms with Crippen LogP contribution in [0.1, 0.15) is 24.5 Å². The summed E-state index contributed by atoms with van der Waals surface area (Å²) in [7, 11) is 0. The zero-order chi connectivity index (χ0) is 17.4. The van der Waals surface area contributed by atoms with Crippen molar-refractivity contribution in [2.75, 3.05) is 0 Å². The number of aliphatic hydroxyl groups excluding tert-OH is 1. The number of aliphatic carboxylic acids is 1. The largest absolute Gasteiger partial charge is 0.477 e. The highest BCUT2D eigenvalue weighted by atomic mass is 16.4. The van der Waals surface area contributed by atoms with E-state index in [0.717, 1.165) is 5.56 Å². The van der Waals surface area contributed by atoms with Crippen LogP contribution in [-0.4, -0.2) is 45.5 Å². The molecule has 0 saturated carbocycles. The molecule has 1 aromatic carbocycles. The van der Waals surface area contributed by atoms with E-state index in [1.54, 1.807) is 19.1 Å². The minimum absolute atomic E-state index is 0.0117. The molecule has 7 nitrogen and oxygen atoms in total. The fraction of sp³-hybridized carbons (Fsp3) is 0.353. The number of rotatable bonds is 6. The van der Waals surface area contributed by atoms with Gasteiger partial charge in [0.05, 0.1) is 18.1 Å². The summed E-state index contributed by atoms with van der Waals surface area (Å²) in [6, 6.07) is 6.90. The number of carboxylic acids is 1. The third-order valence-electron chi connectivity index (χ3n) is 4.60. The van der Waals surface area contributed by atoms with Gasteiger partial charge >= 0.3 is 5.97 Å². The molecule has 3 atom stereocenters. The van der Waals surface area contributed by atoms with Gasteiger partial charge in [0.15, 0.2) is 0 Å². The number of carboxylic acid groups (broad SMARTS) is 1. The second-order valence-corrected chi connectivity index (χ2v) is 6.08. The van der Waals surface area contributed by atoms with Crippen LogP contribution in [0.4, 0.5) is 0 Å². The predicted molar refractivity (Wildman–Crippen MR) is 84.3 cm³/mol. The van der Waals surface area contributed by atoms with Crippen LogP contribution < -0.4 is 5.32 Å². The summed E-state index contributed by atoms with van der Waals surface area (Å²) in [4.78, 5) is 35.6. The van der Waals surface area contributed by atoms with Crippen LogP contribution in [0.2, 0.25) is 0 Å². The Morgan fingerprint density at radius 3 is 2.88 bits per heavy atom. The molecule has 3 rings (SSSR count). The van der Waals surface area contributed by atoms with Gasteiger partial charge < -0.3 is 20.4 Å². The molecule has 0 bridgehead atoms. The van der Waals surface area contributed by atoms with E-state index < -0.39 is 18.0 Å². The van der Waals surface area contributed by atoms with Crippen LogP contribution in [0.15, 0.2) is 30.0 Å². The van der Waals surface area contributed by atoms with Gasteiger partial charge in [-0.1, -0.05) is 18.2 Å². The number of carbonyl (C=O) groups is 3. The summed E-state index contributed by atoms with van der Waals surface area (Å²) < 4.78 is 0. The second-order valence-electron chi connectivity index (χ2n) is 6.08. The van der Waals surface area contributed by atoms with Gasteiger partial charge in [-0.2, -0.15) is 0 Å². The van der Waals surface area contributed by atoms with Crippen molar-refractivity contribution in [2.45, 2.75) is 32.0 Å². The Kier molecular flexibility index (Phi) is 4.11. The Morgan fingerprint density at radius 1 is 1.50 bits per heavy atom.